The van der Waals surface area contributed by atoms with Gasteiger partial charge in [0.05, 0.1) is 5.02 Å². The van der Waals surface area contributed by atoms with Crippen LogP contribution in [0.1, 0.15) is 11.1 Å². The molecule has 0 saturated carbocycles. The molecule has 2 rings (SSSR count). The second-order valence-electron chi connectivity index (χ2n) is 4.11. The predicted octanol–water partition coefficient (Wildman–Crippen LogP) is 3.53. The van der Waals surface area contributed by atoms with E-state index in [2.05, 4.69) is 15.6 Å². The van der Waals surface area contributed by atoms with Crippen LogP contribution < -0.4 is 10.6 Å². The van der Waals surface area contributed by atoms with Crippen molar-refractivity contribution in [2.75, 3.05) is 5.32 Å². The number of halogens is 1. The molecule has 0 unspecified atom stereocenters. The fourth-order valence-electron chi connectivity index (χ4n) is 1.55. The fraction of sp³-hybridized carbons (Fsp3) is 0.143. The Morgan fingerprint density at radius 3 is 2.74 bits per heavy atom. The molecule has 0 aliphatic rings. The van der Waals surface area contributed by atoms with Crippen LogP contribution in [0.5, 0.6) is 0 Å². The summed E-state index contributed by atoms with van der Waals surface area (Å²) in [4.78, 5) is 4.16. The number of nitrogens with one attached hydrogen (secondary N) is 2. The highest BCUT2D eigenvalue weighted by atomic mass is 35.5. The summed E-state index contributed by atoms with van der Waals surface area (Å²) in [6.45, 7) is 2.61. The van der Waals surface area contributed by atoms with Crippen molar-refractivity contribution in [3.8, 4) is 0 Å². The monoisotopic (exact) mass is 291 g/mol. The molecule has 0 saturated heterocycles. The highest BCUT2D eigenvalue weighted by Gasteiger charge is 2.01. The van der Waals surface area contributed by atoms with Crippen LogP contribution in [0.3, 0.4) is 0 Å². The normalized spacial score (nSPS) is 10.0. The van der Waals surface area contributed by atoms with Crippen LogP contribution in [0.4, 0.5) is 5.82 Å². The van der Waals surface area contributed by atoms with E-state index < -0.39 is 0 Å². The molecule has 1 aromatic heterocycles. The summed E-state index contributed by atoms with van der Waals surface area (Å²) in [6.07, 6.45) is 1.61. The van der Waals surface area contributed by atoms with Gasteiger partial charge in [-0.15, -0.1) is 0 Å². The maximum atomic E-state index is 5.92. The van der Waals surface area contributed by atoms with Crippen LogP contribution in [0, 0.1) is 6.92 Å². The molecule has 0 bridgehead atoms. The zero-order valence-corrected chi connectivity index (χ0v) is 12.1. The third-order valence-electron chi connectivity index (χ3n) is 2.58. The van der Waals surface area contributed by atoms with Gasteiger partial charge in [0, 0.05) is 12.7 Å². The van der Waals surface area contributed by atoms with Crippen LogP contribution in [0.25, 0.3) is 0 Å². The predicted molar refractivity (Wildman–Crippen MR) is 83.5 cm³/mol. The Labute approximate surface area is 123 Å². The number of aromatic nitrogens is 1. The molecule has 2 aromatic rings. The van der Waals surface area contributed by atoms with Gasteiger partial charge in [0.1, 0.15) is 5.82 Å². The van der Waals surface area contributed by atoms with Crippen molar-refractivity contribution in [3.63, 3.8) is 0 Å². The van der Waals surface area contributed by atoms with Gasteiger partial charge in [-0.3, -0.25) is 0 Å². The van der Waals surface area contributed by atoms with Crippen molar-refractivity contribution < 1.29 is 0 Å². The molecule has 1 heterocycles. The number of anilines is 1. The molecule has 0 radical (unpaired) electrons. The Hall–Kier alpha value is -1.65. The van der Waals surface area contributed by atoms with E-state index >= 15 is 0 Å². The molecule has 19 heavy (non-hydrogen) atoms. The van der Waals surface area contributed by atoms with E-state index in [1.54, 1.807) is 6.20 Å². The number of pyridine rings is 1. The molecular weight excluding hydrogens is 278 g/mol. The van der Waals surface area contributed by atoms with Gasteiger partial charge in [-0.05, 0) is 36.3 Å². The Kier molecular flexibility index (Phi) is 4.71. The van der Waals surface area contributed by atoms with Crippen LogP contribution in [0.15, 0.2) is 42.6 Å². The lowest BCUT2D eigenvalue weighted by atomic mass is 10.2. The second-order valence-corrected chi connectivity index (χ2v) is 4.93. The quantitative estimate of drug-likeness (QED) is 0.848. The van der Waals surface area contributed by atoms with Gasteiger partial charge in [-0.25, -0.2) is 4.98 Å². The van der Waals surface area contributed by atoms with Gasteiger partial charge in [-0.2, -0.15) is 0 Å². The smallest absolute Gasteiger partial charge is 0.172 e. The maximum absolute atomic E-state index is 5.92. The topological polar surface area (TPSA) is 37.0 Å². The highest BCUT2D eigenvalue weighted by Crippen LogP contribution is 2.16. The molecule has 0 atom stereocenters. The van der Waals surface area contributed by atoms with Gasteiger partial charge in [0.15, 0.2) is 5.11 Å². The van der Waals surface area contributed by atoms with E-state index in [1.165, 1.54) is 5.56 Å². The van der Waals surface area contributed by atoms with Crippen LogP contribution >= 0.6 is 23.8 Å². The molecule has 0 fully saturated rings. The number of thiocarbonyl (C=S) groups is 1. The first-order valence-corrected chi connectivity index (χ1v) is 6.64. The first-order chi connectivity index (χ1) is 9.15. The van der Waals surface area contributed by atoms with Crippen molar-refractivity contribution in [2.45, 2.75) is 13.5 Å². The lowest BCUT2D eigenvalue weighted by Gasteiger charge is -2.10. The van der Waals surface area contributed by atoms with Gasteiger partial charge in [0.2, 0.25) is 0 Å². The Morgan fingerprint density at radius 1 is 1.32 bits per heavy atom. The van der Waals surface area contributed by atoms with Crippen LogP contribution in [-0.2, 0) is 6.54 Å². The lowest BCUT2D eigenvalue weighted by molar-refractivity contribution is 0.925. The molecular formula is C14H14ClN3S. The minimum absolute atomic E-state index is 0.540. The summed E-state index contributed by atoms with van der Waals surface area (Å²) in [5.74, 6) is 0.687. The standard InChI is InChI=1S/C14H14ClN3S/c1-10-7-13(16-9-12(10)15)18-14(19)17-8-11-5-3-2-4-6-11/h2-7,9H,8H2,1H3,(H2,16,17,18,19). The Balaban J connectivity index is 1.89. The number of hydrogen-bond donors (Lipinski definition) is 2. The minimum atomic E-state index is 0.540. The second kappa shape index (κ2) is 6.50. The summed E-state index contributed by atoms with van der Waals surface area (Å²) in [5.41, 5.74) is 2.14. The first-order valence-electron chi connectivity index (χ1n) is 5.86. The Morgan fingerprint density at radius 2 is 2.05 bits per heavy atom. The zero-order valence-electron chi connectivity index (χ0n) is 10.5. The summed E-state index contributed by atoms with van der Waals surface area (Å²) < 4.78 is 0. The average Bonchev–Trinajstić information content (AvgIpc) is 2.42. The SMILES string of the molecule is Cc1cc(NC(=S)NCc2ccccc2)ncc1Cl. The summed E-state index contributed by atoms with van der Waals surface area (Å²) in [5, 5.41) is 7.35. The molecule has 5 heteroatoms. The zero-order chi connectivity index (χ0) is 13.7. The highest BCUT2D eigenvalue weighted by molar-refractivity contribution is 7.80. The fourth-order valence-corrected chi connectivity index (χ4v) is 1.83. The summed E-state index contributed by atoms with van der Waals surface area (Å²) >= 11 is 11.1. The number of benzene rings is 1. The van der Waals surface area contributed by atoms with Crippen molar-refractivity contribution in [3.05, 3.63) is 58.7 Å². The largest absolute Gasteiger partial charge is 0.358 e. The van der Waals surface area contributed by atoms with Crippen molar-refractivity contribution in [2.24, 2.45) is 0 Å². The third-order valence-corrected chi connectivity index (χ3v) is 3.23. The molecule has 0 spiro atoms. The lowest BCUT2D eigenvalue weighted by Crippen LogP contribution is -2.28. The molecule has 98 valence electrons. The van der Waals surface area contributed by atoms with Gasteiger partial charge in [0.25, 0.3) is 0 Å². The van der Waals surface area contributed by atoms with Gasteiger partial charge < -0.3 is 10.6 Å². The van der Waals surface area contributed by atoms with Crippen molar-refractivity contribution >= 4 is 34.7 Å². The third kappa shape index (κ3) is 4.19. The van der Waals surface area contributed by atoms with E-state index in [4.69, 9.17) is 23.8 Å². The molecule has 0 amide bonds. The summed E-state index contributed by atoms with van der Waals surface area (Å²) in [6, 6.07) is 11.9. The van der Waals surface area contributed by atoms with Crippen LogP contribution in [0.2, 0.25) is 5.02 Å². The van der Waals surface area contributed by atoms with Crippen LogP contribution in [-0.4, -0.2) is 10.1 Å². The molecule has 1 aromatic carbocycles. The van der Waals surface area contributed by atoms with E-state index in [0.29, 0.717) is 22.5 Å². The molecule has 2 N–H and O–H groups in total. The molecule has 0 aliphatic carbocycles. The van der Waals surface area contributed by atoms with E-state index in [-0.39, 0.29) is 0 Å². The van der Waals surface area contributed by atoms with Crippen molar-refractivity contribution in [1.29, 1.82) is 0 Å². The Bertz CT molecular complexity index is 572. The minimum Gasteiger partial charge on any atom is -0.358 e. The number of aryl methyl sites for hydroxylation is 1. The summed E-state index contributed by atoms with van der Waals surface area (Å²) in [7, 11) is 0. The van der Waals surface area contributed by atoms with E-state index in [1.807, 2.05) is 43.3 Å². The van der Waals surface area contributed by atoms with Gasteiger partial charge >= 0.3 is 0 Å². The number of nitrogens with zero attached hydrogens (tertiary/aromatic N) is 1. The number of hydrogen-bond acceptors (Lipinski definition) is 2. The van der Waals surface area contributed by atoms with Gasteiger partial charge in [-0.1, -0.05) is 41.9 Å². The maximum Gasteiger partial charge on any atom is 0.172 e. The van der Waals surface area contributed by atoms with E-state index in [0.717, 1.165) is 5.56 Å². The van der Waals surface area contributed by atoms with E-state index in [9.17, 15) is 0 Å². The number of rotatable bonds is 3. The van der Waals surface area contributed by atoms with Crippen molar-refractivity contribution in [1.82, 2.24) is 10.3 Å². The average molecular weight is 292 g/mol. The first kappa shape index (κ1) is 13.8. The molecule has 0 aliphatic heterocycles. The molecule has 3 nitrogen and oxygen atoms in total.